The predicted octanol–water partition coefficient (Wildman–Crippen LogP) is 3.75. The molecule has 3 nitrogen and oxygen atoms in total. The van der Waals surface area contributed by atoms with E-state index in [0.717, 1.165) is 28.0 Å². The van der Waals surface area contributed by atoms with Gasteiger partial charge in [-0.3, -0.25) is 0 Å². The van der Waals surface area contributed by atoms with Crippen molar-refractivity contribution in [2.45, 2.75) is 26.2 Å². The number of furan rings is 1. The third-order valence-corrected chi connectivity index (χ3v) is 2.88. The van der Waals surface area contributed by atoms with Crippen LogP contribution >= 0.6 is 0 Å². The molecule has 3 heteroatoms. The normalized spacial score (nSPS) is 11.8. The Morgan fingerprint density at radius 2 is 1.76 bits per heavy atom. The van der Waals surface area contributed by atoms with Crippen LogP contribution in [0.3, 0.4) is 0 Å². The van der Waals surface area contributed by atoms with Gasteiger partial charge in [0.15, 0.2) is 0 Å². The van der Waals surface area contributed by atoms with E-state index in [2.05, 4.69) is 20.8 Å². The summed E-state index contributed by atoms with van der Waals surface area (Å²) in [5.41, 5.74) is 1.96. The molecule has 0 N–H and O–H groups in total. The van der Waals surface area contributed by atoms with Crippen LogP contribution in [0.1, 0.15) is 26.3 Å². The van der Waals surface area contributed by atoms with Crippen molar-refractivity contribution in [3.63, 3.8) is 0 Å². The minimum absolute atomic E-state index is 0.0210. The Morgan fingerprint density at radius 1 is 1.06 bits per heavy atom. The van der Waals surface area contributed by atoms with Crippen LogP contribution in [0.5, 0.6) is 11.5 Å². The van der Waals surface area contributed by atoms with E-state index >= 15 is 0 Å². The van der Waals surface area contributed by atoms with Crippen molar-refractivity contribution >= 4 is 11.0 Å². The smallest absolute Gasteiger partial charge is 0.141 e. The van der Waals surface area contributed by atoms with Crippen LogP contribution in [-0.4, -0.2) is 14.2 Å². The highest BCUT2D eigenvalue weighted by atomic mass is 16.5. The maximum Gasteiger partial charge on any atom is 0.141 e. The summed E-state index contributed by atoms with van der Waals surface area (Å²) in [6.07, 6.45) is 1.80. The van der Waals surface area contributed by atoms with Gasteiger partial charge in [0.1, 0.15) is 17.1 Å². The van der Waals surface area contributed by atoms with Gasteiger partial charge in [0.25, 0.3) is 0 Å². The minimum Gasteiger partial charge on any atom is -0.496 e. The number of hydrogen-bond acceptors (Lipinski definition) is 3. The van der Waals surface area contributed by atoms with Gasteiger partial charge < -0.3 is 13.9 Å². The van der Waals surface area contributed by atoms with Crippen LogP contribution in [0, 0.1) is 0 Å². The third-order valence-electron chi connectivity index (χ3n) is 2.88. The molecular formula is C14H18O3. The van der Waals surface area contributed by atoms with Gasteiger partial charge in [0.05, 0.1) is 25.9 Å². The molecule has 17 heavy (non-hydrogen) atoms. The molecule has 2 rings (SSSR count). The maximum atomic E-state index is 5.60. The lowest BCUT2D eigenvalue weighted by Gasteiger charge is -2.17. The topological polar surface area (TPSA) is 31.6 Å². The second-order valence-electron chi connectivity index (χ2n) is 5.10. The SMILES string of the molecule is COc1cc(OC)c2c(C(C)(C)C)coc2c1. The Balaban J connectivity index is 2.75. The van der Waals surface area contributed by atoms with Gasteiger partial charge >= 0.3 is 0 Å². The third kappa shape index (κ3) is 1.97. The molecule has 0 aliphatic heterocycles. The maximum absolute atomic E-state index is 5.60. The van der Waals surface area contributed by atoms with Gasteiger partial charge in [-0.2, -0.15) is 0 Å². The Morgan fingerprint density at radius 3 is 2.29 bits per heavy atom. The number of methoxy groups -OCH3 is 2. The molecule has 92 valence electrons. The van der Waals surface area contributed by atoms with E-state index in [1.54, 1.807) is 20.5 Å². The van der Waals surface area contributed by atoms with Crippen molar-refractivity contribution in [3.05, 3.63) is 24.0 Å². The molecule has 0 spiro atoms. The molecule has 1 aromatic heterocycles. The van der Waals surface area contributed by atoms with Gasteiger partial charge in [0, 0.05) is 17.7 Å². The average Bonchev–Trinajstić information content (AvgIpc) is 2.70. The molecule has 0 saturated heterocycles. The zero-order valence-corrected chi connectivity index (χ0v) is 11.0. The van der Waals surface area contributed by atoms with Crippen LogP contribution in [0.25, 0.3) is 11.0 Å². The molecule has 0 atom stereocenters. The largest absolute Gasteiger partial charge is 0.496 e. The van der Waals surface area contributed by atoms with Crippen LogP contribution in [-0.2, 0) is 5.41 Å². The van der Waals surface area contributed by atoms with E-state index in [9.17, 15) is 0 Å². The Kier molecular flexibility index (Phi) is 2.77. The summed E-state index contributed by atoms with van der Waals surface area (Å²) in [5, 5.41) is 1.03. The van der Waals surface area contributed by atoms with Crippen molar-refractivity contribution < 1.29 is 13.9 Å². The van der Waals surface area contributed by atoms with Crippen molar-refractivity contribution in [2.24, 2.45) is 0 Å². The van der Waals surface area contributed by atoms with Crippen LogP contribution < -0.4 is 9.47 Å². The van der Waals surface area contributed by atoms with Crippen molar-refractivity contribution in [1.82, 2.24) is 0 Å². The monoisotopic (exact) mass is 234 g/mol. The Hall–Kier alpha value is -1.64. The molecule has 0 bridgehead atoms. The molecule has 0 aliphatic rings. The zero-order valence-electron chi connectivity index (χ0n) is 11.0. The zero-order chi connectivity index (χ0) is 12.6. The molecule has 0 amide bonds. The molecule has 0 fully saturated rings. The van der Waals surface area contributed by atoms with Crippen LogP contribution in [0.4, 0.5) is 0 Å². The van der Waals surface area contributed by atoms with E-state index in [4.69, 9.17) is 13.9 Å². The summed E-state index contributed by atoms with van der Waals surface area (Å²) in [5.74, 6) is 1.53. The van der Waals surface area contributed by atoms with Crippen LogP contribution in [0.2, 0.25) is 0 Å². The number of rotatable bonds is 2. The fraction of sp³-hybridized carbons (Fsp3) is 0.429. The fourth-order valence-corrected chi connectivity index (χ4v) is 1.94. The summed E-state index contributed by atoms with van der Waals surface area (Å²) in [6.45, 7) is 6.46. The highest BCUT2D eigenvalue weighted by molar-refractivity contribution is 5.89. The number of ether oxygens (including phenoxy) is 2. The second kappa shape index (κ2) is 3.99. The molecule has 0 radical (unpaired) electrons. The van der Waals surface area contributed by atoms with E-state index in [1.165, 1.54) is 0 Å². The van der Waals surface area contributed by atoms with Gasteiger partial charge in [-0.05, 0) is 5.41 Å². The minimum atomic E-state index is 0.0210. The van der Waals surface area contributed by atoms with Crippen molar-refractivity contribution in [3.8, 4) is 11.5 Å². The van der Waals surface area contributed by atoms with Gasteiger partial charge in [0.2, 0.25) is 0 Å². The number of hydrogen-bond donors (Lipinski definition) is 0. The quantitative estimate of drug-likeness (QED) is 0.793. The molecule has 0 saturated carbocycles. The van der Waals surface area contributed by atoms with E-state index < -0.39 is 0 Å². The fourth-order valence-electron chi connectivity index (χ4n) is 1.94. The first-order valence-corrected chi connectivity index (χ1v) is 5.61. The average molecular weight is 234 g/mol. The summed E-state index contributed by atoms with van der Waals surface area (Å²) < 4.78 is 16.2. The first kappa shape index (κ1) is 11.8. The molecule has 1 aromatic carbocycles. The molecular weight excluding hydrogens is 216 g/mol. The standard InChI is InChI=1S/C14H18O3/c1-14(2,3)10-8-17-12-7-9(15-4)6-11(16-5)13(10)12/h6-8H,1-5H3. The highest BCUT2D eigenvalue weighted by Crippen LogP contribution is 2.39. The van der Waals surface area contributed by atoms with Crippen molar-refractivity contribution in [1.29, 1.82) is 0 Å². The lowest BCUT2D eigenvalue weighted by molar-refractivity contribution is 0.397. The molecule has 0 aliphatic carbocycles. The Bertz CT molecular complexity index is 532. The highest BCUT2D eigenvalue weighted by Gasteiger charge is 2.22. The van der Waals surface area contributed by atoms with Gasteiger partial charge in [-0.15, -0.1) is 0 Å². The lowest BCUT2D eigenvalue weighted by Crippen LogP contribution is -2.10. The summed E-state index contributed by atoms with van der Waals surface area (Å²) in [4.78, 5) is 0. The molecule has 1 heterocycles. The van der Waals surface area contributed by atoms with E-state index in [1.807, 2.05) is 12.1 Å². The second-order valence-corrected chi connectivity index (χ2v) is 5.10. The number of benzene rings is 1. The first-order valence-electron chi connectivity index (χ1n) is 5.61. The van der Waals surface area contributed by atoms with Gasteiger partial charge in [-0.1, -0.05) is 20.8 Å². The molecule has 0 unspecified atom stereocenters. The molecule has 2 aromatic rings. The van der Waals surface area contributed by atoms with Gasteiger partial charge in [-0.25, -0.2) is 0 Å². The van der Waals surface area contributed by atoms with Crippen molar-refractivity contribution in [2.75, 3.05) is 14.2 Å². The predicted molar refractivity (Wildman–Crippen MR) is 68.0 cm³/mol. The van der Waals surface area contributed by atoms with Crippen LogP contribution in [0.15, 0.2) is 22.8 Å². The summed E-state index contributed by atoms with van der Waals surface area (Å²) in [7, 11) is 3.29. The number of fused-ring (bicyclic) bond motifs is 1. The van der Waals surface area contributed by atoms with E-state index in [0.29, 0.717) is 0 Å². The van der Waals surface area contributed by atoms with E-state index in [-0.39, 0.29) is 5.41 Å². The summed E-state index contributed by atoms with van der Waals surface area (Å²) in [6, 6.07) is 3.76. The lowest BCUT2D eigenvalue weighted by atomic mass is 9.86. The Labute approximate surface area is 101 Å². The first-order chi connectivity index (χ1) is 7.97. The summed E-state index contributed by atoms with van der Waals surface area (Å²) >= 11 is 0.